The van der Waals surface area contributed by atoms with Gasteiger partial charge in [0.15, 0.2) is 0 Å². The molecule has 2 heterocycles. The van der Waals surface area contributed by atoms with Gasteiger partial charge in [-0.1, -0.05) is 26.0 Å². The Balaban J connectivity index is 1.34. The molecule has 0 radical (unpaired) electrons. The largest absolute Gasteiger partial charge is 0.497 e. The van der Waals surface area contributed by atoms with Crippen molar-refractivity contribution in [1.29, 1.82) is 0 Å². The molecule has 38 heavy (non-hydrogen) atoms. The molecule has 2 unspecified atom stereocenters. The second kappa shape index (κ2) is 11.6. The fraction of sp³-hybridized carbons (Fsp3) is 0.552. The molecule has 2 fully saturated rings. The minimum Gasteiger partial charge on any atom is -0.497 e. The number of rotatable bonds is 7. The van der Waals surface area contributed by atoms with Gasteiger partial charge >= 0.3 is 6.18 Å². The average Bonchev–Trinajstić information content (AvgIpc) is 2.91. The molecule has 4 rings (SSSR count). The Hall–Kier alpha value is -2.65. The zero-order chi connectivity index (χ0) is 27.5. The molecule has 9 heteroatoms. The van der Waals surface area contributed by atoms with Gasteiger partial charge in [0.05, 0.1) is 19.3 Å². The number of carbonyl (C=O) groups excluding carboxylic acids is 1. The van der Waals surface area contributed by atoms with E-state index in [-0.39, 0.29) is 36.0 Å². The van der Waals surface area contributed by atoms with Crippen LogP contribution in [0.25, 0.3) is 0 Å². The number of likely N-dealkylation sites (tertiary alicyclic amines) is 1. The van der Waals surface area contributed by atoms with Crippen molar-refractivity contribution in [1.82, 2.24) is 10.2 Å². The number of nitrogens with one attached hydrogen (secondary N) is 1. The van der Waals surface area contributed by atoms with Gasteiger partial charge in [0.25, 0.3) is 5.91 Å². The number of halogens is 4. The lowest BCUT2D eigenvalue weighted by molar-refractivity contribution is -0.170. The Morgan fingerprint density at radius 3 is 2.37 bits per heavy atom. The van der Waals surface area contributed by atoms with Gasteiger partial charge < -0.3 is 14.8 Å². The van der Waals surface area contributed by atoms with Crippen LogP contribution in [-0.4, -0.2) is 49.3 Å². The molecule has 0 aromatic heterocycles. The van der Waals surface area contributed by atoms with Crippen molar-refractivity contribution in [2.75, 3.05) is 26.8 Å². The number of methoxy groups -OCH3 is 1. The molecule has 208 valence electrons. The Morgan fingerprint density at radius 2 is 1.82 bits per heavy atom. The topological polar surface area (TPSA) is 50.8 Å². The molecule has 1 amide bonds. The SMILES string of the molecule is COc1cc(CNC(=O)C2(C(C)C)CCC(N3CCC(c4ccc(F)cc4)CC3)CO2)cc(C(F)(F)F)c1. The van der Waals surface area contributed by atoms with Crippen LogP contribution in [0.3, 0.4) is 0 Å². The molecular formula is C29H36F4N2O3. The Kier molecular flexibility index (Phi) is 8.67. The van der Waals surface area contributed by atoms with E-state index in [1.54, 1.807) is 0 Å². The summed E-state index contributed by atoms with van der Waals surface area (Å²) in [4.78, 5) is 15.8. The van der Waals surface area contributed by atoms with Crippen LogP contribution in [-0.2, 0) is 22.3 Å². The third-order valence-corrected chi connectivity index (χ3v) is 8.07. The number of nitrogens with zero attached hydrogens (tertiary/aromatic N) is 1. The third kappa shape index (κ3) is 6.31. The molecule has 5 nitrogen and oxygen atoms in total. The minimum atomic E-state index is -4.51. The van der Waals surface area contributed by atoms with Gasteiger partial charge in [-0.2, -0.15) is 13.2 Å². The number of carbonyl (C=O) groups is 1. The Morgan fingerprint density at radius 1 is 1.13 bits per heavy atom. The van der Waals surface area contributed by atoms with Crippen LogP contribution in [0, 0.1) is 11.7 Å². The first kappa shape index (κ1) is 28.4. The quantitative estimate of drug-likeness (QED) is 0.446. The normalized spacial score (nSPS) is 23.4. The van der Waals surface area contributed by atoms with Crippen molar-refractivity contribution in [3.05, 3.63) is 65.0 Å². The van der Waals surface area contributed by atoms with E-state index in [9.17, 15) is 22.4 Å². The third-order valence-electron chi connectivity index (χ3n) is 8.07. The maximum atomic E-state index is 13.3. The fourth-order valence-corrected chi connectivity index (χ4v) is 5.68. The van der Waals surface area contributed by atoms with Gasteiger partial charge in [-0.25, -0.2) is 4.39 Å². The molecule has 2 aromatic rings. The van der Waals surface area contributed by atoms with Crippen molar-refractivity contribution in [2.24, 2.45) is 5.92 Å². The Bertz CT molecular complexity index is 1090. The van der Waals surface area contributed by atoms with Gasteiger partial charge in [0, 0.05) is 12.6 Å². The van der Waals surface area contributed by atoms with Gasteiger partial charge in [-0.05, 0) is 92.1 Å². The first-order chi connectivity index (χ1) is 18.0. The van der Waals surface area contributed by atoms with Crippen LogP contribution < -0.4 is 10.1 Å². The molecule has 0 spiro atoms. The summed E-state index contributed by atoms with van der Waals surface area (Å²) in [6.45, 7) is 6.05. The molecule has 2 aromatic carbocycles. The predicted octanol–water partition coefficient (Wildman–Crippen LogP) is 5.92. The van der Waals surface area contributed by atoms with Crippen LogP contribution in [0.2, 0.25) is 0 Å². The summed E-state index contributed by atoms with van der Waals surface area (Å²) in [5, 5.41) is 2.82. The average molecular weight is 537 g/mol. The van der Waals surface area contributed by atoms with Crippen molar-refractivity contribution in [3.8, 4) is 5.75 Å². The highest BCUT2D eigenvalue weighted by molar-refractivity contribution is 5.85. The molecule has 2 aliphatic rings. The summed E-state index contributed by atoms with van der Waals surface area (Å²) < 4.78 is 64.4. The number of hydrogen-bond acceptors (Lipinski definition) is 4. The van der Waals surface area contributed by atoms with Gasteiger partial charge in [0.1, 0.15) is 17.2 Å². The number of piperidine rings is 1. The van der Waals surface area contributed by atoms with Crippen molar-refractivity contribution in [2.45, 2.75) is 69.8 Å². The van der Waals surface area contributed by atoms with Gasteiger partial charge in [-0.15, -0.1) is 0 Å². The van der Waals surface area contributed by atoms with Crippen LogP contribution >= 0.6 is 0 Å². The molecule has 2 aliphatic heterocycles. The highest BCUT2D eigenvalue weighted by Crippen LogP contribution is 2.37. The van der Waals surface area contributed by atoms with Crippen molar-refractivity contribution < 1.29 is 31.8 Å². The molecule has 0 bridgehead atoms. The van der Waals surface area contributed by atoms with E-state index < -0.39 is 17.3 Å². The first-order valence-corrected chi connectivity index (χ1v) is 13.2. The minimum absolute atomic E-state index is 0.0583. The number of amides is 1. The smallest absolute Gasteiger partial charge is 0.416 e. The van der Waals surface area contributed by atoms with E-state index in [1.807, 2.05) is 26.0 Å². The second-order valence-corrected chi connectivity index (χ2v) is 10.7. The zero-order valence-electron chi connectivity index (χ0n) is 22.1. The maximum absolute atomic E-state index is 13.3. The maximum Gasteiger partial charge on any atom is 0.416 e. The van der Waals surface area contributed by atoms with E-state index >= 15 is 0 Å². The van der Waals surface area contributed by atoms with E-state index in [0.717, 1.165) is 44.5 Å². The molecule has 0 saturated carbocycles. The van der Waals surface area contributed by atoms with E-state index in [1.165, 1.54) is 30.9 Å². The fourth-order valence-electron chi connectivity index (χ4n) is 5.68. The molecular weight excluding hydrogens is 500 g/mol. The summed E-state index contributed by atoms with van der Waals surface area (Å²) in [5.41, 5.74) is -0.379. The summed E-state index contributed by atoms with van der Waals surface area (Å²) in [5.74, 6) is -0.146. The van der Waals surface area contributed by atoms with Crippen molar-refractivity contribution >= 4 is 5.91 Å². The molecule has 1 N–H and O–H groups in total. The van der Waals surface area contributed by atoms with E-state index in [2.05, 4.69) is 10.2 Å². The summed E-state index contributed by atoms with van der Waals surface area (Å²) in [6, 6.07) is 10.4. The van der Waals surface area contributed by atoms with Crippen LogP contribution in [0.15, 0.2) is 42.5 Å². The second-order valence-electron chi connectivity index (χ2n) is 10.7. The summed E-state index contributed by atoms with van der Waals surface area (Å²) >= 11 is 0. The highest BCUT2D eigenvalue weighted by atomic mass is 19.4. The Labute approximate surface area is 221 Å². The van der Waals surface area contributed by atoms with Crippen molar-refractivity contribution in [3.63, 3.8) is 0 Å². The standard InChI is InChI=1S/C29H36F4N2O3/c1-19(2)28(27(36)34-17-20-14-23(29(31,32)33)16-26(15-20)37-3)11-8-25(18-38-28)35-12-9-22(10-13-35)21-4-6-24(30)7-5-21/h4-7,14-16,19,22,25H,8-13,17-18H2,1-3H3,(H,34,36). The number of ether oxygens (including phenoxy) is 2. The predicted molar refractivity (Wildman–Crippen MR) is 136 cm³/mol. The van der Waals surface area contributed by atoms with Crippen LogP contribution in [0.1, 0.15) is 62.1 Å². The molecule has 2 saturated heterocycles. The first-order valence-electron chi connectivity index (χ1n) is 13.2. The molecule has 2 atom stereocenters. The van der Waals surface area contributed by atoms with E-state index in [0.29, 0.717) is 24.5 Å². The lowest BCUT2D eigenvalue weighted by atomic mass is 9.80. The monoisotopic (exact) mass is 536 g/mol. The van der Waals surface area contributed by atoms with Gasteiger partial charge in [-0.3, -0.25) is 9.69 Å². The van der Waals surface area contributed by atoms with E-state index in [4.69, 9.17) is 9.47 Å². The van der Waals surface area contributed by atoms with Crippen LogP contribution in [0.5, 0.6) is 5.75 Å². The number of hydrogen-bond donors (Lipinski definition) is 1. The summed E-state index contributed by atoms with van der Waals surface area (Å²) in [6.07, 6.45) is -1.21. The number of benzene rings is 2. The summed E-state index contributed by atoms with van der Waals surface area (Å²) in [7, 11) is 1.31. The lowest BCUT2D eigenvalue weighted by Gasteiger charge is -2.46. The molecule has 0 aliphatic carbocycles. The van der Waals surface area contributed by atoms with Gasteiger partial charge in [0.2, 0.25) is 0 Å². The lowest BCUT2D eigenvalue weighted by Crippen LogP contribution is -2.58. The highest BCUT2D eigenvalue weighted by Gasteiger charge is 2.47. The van der Waals surface area contributed by atoms with Crippen LogP contribution in [0.4, 0.5) is 17.6 Å². The zero-order valence-corrected chi connectivity index (χ0v) is 22.1. The number of alkyl halides is 3.